The fourth-order valence-corrected chi connectivity index (χ4v) is 0.454. The fraction of sp³-hybridized carbons (Fsp3) is 0.800. The first kappa shape index (κ1) is 7.82. The van der Waals surface area contributed by atoms with E-state index in [2.05, 4.69) is 17.6 Å². The van der Waals surface area contributed by atoms with Crippen molar-refractivity contribution in [2.75, 3.05) is 5.75 Å². The van der Waals surface area contributed by atoms with Crippen LogP contribution < -0.4 is 5.73 Å². The largest absolute Gasteiger partial charge is 0.387 e. The van der Waals surface area contributed by atoms with Crippen LogP contribution in [-0.2, 0) is 0 Å². The molecule has 0 aromatic rings. The fourth-order valence-electron chi connectivity index (χ4n) is 0.372. The summed E-state index contributed by atoms with van der Waals surface area (Å²) in [5, 5.41) is 0. The van der Waals surface area contributed by atoms with Crippen LogP contribution in [0.2, 0.25) is 0 Å². The molecule has 0 unspecified atom stereocenters. The SMILES string of the molecule is CC(C)N=C(N)CS. The predicted molar refractivity (Wildman–Crippen MR) is 40.6 cm³/mol. The van der Waals surface area contributed by atoms with Gasteiger partial charge in [-0.1, -0.05) is 0 Å². The van der Waals surface area contributed by atoms with Crippen LogP contribution in [0.5, 0.6) is 0 Å². The van der Waals surface area contributed by atoms with Crippen molar-refractivity contribution in [2.45, 2.75) is 19.9 Å². The zero-order valence-electron chi connectivity index (χ0n) is 5.26. The first-order chi connectivity index (χ1) is 3.66. The van der Waals surface area contributed by atoms with E-state index in [-0.39, 0.29) is 0 Å². The molecule has 2 nitrogen and oxygen atoms in total. The number of amidine groups is 1. The van der Waals surface area contributed by atoms with Crippen molar-refractivity contribution in [3.8, 4) is 0 Å². The average Bonchev–Trinajstić information content (AvgIpc) is 1.65. The van der Waals surface area contributed by atoms with E-state index in [9.17, 15) is 0 Å². The lowest BCUT2D eigenvalue weighted by atomic mass is 10.4. The Labute approximate surface area is 55.6 Å². The van der Waals surface area contributed by atoms with Gasteiger partial charge in [0.2, 0.25) is 0 Å². The van der Waals surface area contributed by atoms with E-state index in [1.54, 1.807) is 0 Å². The highest BCUT2D eigenvalue weighted by Crippen LogP contribution is 1.85. The first-order valence-corrected chi connectivity index (χ1v) is 3.23. The van der Waals surface area contributed by atoms with E-state index in [4.69, 9.17) is 5.73 Å². The summed E-state index contributed by atoms with van der Waals surface area (Å²) in [6, 6.07) is 0.294. The van der Waals surface area contributed by atoms with Gasteiger partial charge in [-0.2, -0.15) is 12.6 Å². The van der Waals surface area contributed by atoms with E-state index in [1.165, 1.54) is 0 Å². The van der Waals surface area contributed by atoms with Gasteiger partial charge >= 0.3 is 0 Å². The average molecular weight is 132 g/mol. The van der Waals surface area contributed by atoms with Gasteiger partial charge in [0.25, 0.3) is 0 Å². The maximum atomic E-state index is 5.35. The van der Waals surface area contributed by atoms with Gasteiger partial charge in [-0.25, -0.2) is 0 Å². The molecular weight excluding hydrogens is 120 g/mol. The van der Waals surface area contributed by atoms with Crippen molar-refractivity contribution in [1.82, 2.24) is 0 Å². The molecule has 0 heterocycles. The van der Waals surface area contributed by atoms with Crippen molar-refractivity contribution in [3.63, 3.8) is 0 Å². The Hall–Kier alpha value is -0.180. The van der Waals surface area contributed by atoms with Crippen LogP contribution in [-0.4, -0.2) is 17.6 Å². The summed E-state index contributed by atoms with van der Waals surface area (Å²) in [5.41, 5.74) is 5.35. The van der Waals surface area contributed by atoms with Crippen LogP contribution in [0.1, 0.15) is 13.8 Å². The lowest BCUT2D eigenvalue weighted by Crippen LogP contribution is -2.15. The normalized spacial score (nSPS) is 12.8. The quantitative estimate of drug-likeness (QED) is 0.324. The van der Waals surface area contributed by atoms with Crippen molar-refractivity contribution >= 4 is 18.5 Å². The standard InChI is InChI=1S/C5H12N2S/c1-4(2)7-5(6)3-8/h4,8H,3H2,1-2H3,(H2,6,7). The molecule has 3 heteroatoms. The van der Waals surface area contributed by atoms with Crippen LogP contribution in [0, 0.1) is 0 Å². The van der Waals surface area contributed by atoms with Crippen molar-refractivity contribution in [2.24, 2.45) is 10.7 Å². The minimum atomic E-state index is 0.294. The zero-order valence-corrected chi connectivity index (χ0v) is 6.15. The highest BCUT2D eigenvalue weighted by atomic mass is 32.1. The van der Waals surface area contributed by atoms with Crippen molar-refractivity contribution < 1.29 is 0 Å². The lowest BCUT2D eigenvalue weighted by Gasteiger charge is -1.96. The third-order valence-corrected chi connectivity index (χ3v) is 0.910. The van der Waals surface area contributed by atoms with Gasteiger partial charge in [0, 0.05) is 11.8 Å². The van der Waals surface area contributed by atoms with E-state index >= 15 is 0 Å². The van der Waals surface area contributed by atoms with Gasteiger partial charge in [-0.15, -0.1) is 0 Å². The lowest BCUT2D eigenvalue weighted by molar-refractivity contribution is 0.833. The summed E-state index contributed by atoms with van der Waals surface area (Å²) in [7, 11) is 0. The Morgan fingerprint density at radius 3 is 2.38 bits per heavy atom. The molecule has 0 bridgehead atoms. The molecule has 0 rings (SSSR count). The number of nitrogens with zero attached hydrogens (tertiary/aromatic N) is 1. The van der Waals surface area contributed by atoms with Gasteiger partial charge < -0.3 is 5.73 Å². The van der Waals surface area contributed by atoms with Gasteiger partial charge in [0.15, 0.2) is 0 Å². The van der Waals surface area contributed by atoms with Crippen LogP contribution in [0.25, 0.3) is 0 Å². The van der Waals surface area contributed by atoms with Gasteiger partial charge in [0.05, 0.1) is 0 Å². The second-order valence-corrected chi connectivity index (χ2v) is 2.19. The zero-order chi connectivity index (χ0) is 6.57. The molecule has 0 aromatic heterocycles. The Kier molecular flexibility index (Phi) is 3.69. The van der Waals surface area contributed by atoms with Crippen LogP contribution in [0.15, 0.2) is 4.99 Å². The highest BCUT2D eigenvalue weighted by molar-refractivity contribution is 7.81. The summed E-state index contributed by atoms with van der Waals surface area (Å²) in [6.07, 6.45) is 0. The third-order valence-electron chi connectivity index (χ3n) is 0.586. The molecule has 0 fully saturated rings. The van der Waals surface area contributed by atoms with E-state index < -0.39 is 0 Å². The molecule has 0 spiro atoms. The summed E-state index contributed by atoms with van der Waals surface area (Å²) in [5.74, 6) is 1.17. The molecular formula is C5H12N2S. The Bertz CT molecular complexity index is 88.4. The summed E-state index contributed by atoms with van der Waals surface area (Å²) in [4.78, 5) is 4.01. The summed E-state index contributed by atoms with van der Waals surface area (Å²) < 4.78 is 0. The molecule has 0 radical (unpaired) electrons. The minimum absolute atomic E-state index is 0.294. The van der Waals surface area contributed by atoms with E-state index in [1.807, 2.05) is 13.8 Å². The van der Waals surface area contributed by atoms with Crippen molar-refractivity contribution in [1.29, 1.82) is 0 Å². The van der Waals surface area contributed by atoms with Crippen molar-refractivity contribution in [3.05, 3.63) is 0 Å². The number of hydrogen-bond acceptors (Lipinski definition) is 2. The number of hydrogen-bond donors (Lipinski definition) is 2. The highest BCUT2D eigenvalue weighted by Gasteiger charge is 1.88. The second kappa shape index (κ2) is 3.78. The van der Waals surface area contributed by atoms with Crippen LogP contribution in [0.3, 0.4) is 0 Å². The van der Waals surface area contributed by atoms with Gasteiger partial charge in [-0.3, -0.25) is 4.99 Å². The third kappa shape index (κ3) is 3.99. The molecule has 0 atom stereocenters. The number of nitrogens with two attached hydrogens (primary N) is 1. The number of thiol groups is 1. The molecule has 0 saturated carbocycles. The van der Waals surface area contributed by atoms with Crippen LogP contribution >= 0.6 is 12.6 Å². The Morgan fingerprint density at radius 1 is 1.75 bits per heavy atom. The molecule has 0 aliphatic rings. The Balaban J connectivity index is 3.56. The molecule has 2 N–H and O–H groups in total. The minimum Gasteiger partial charge on any atom is -0.387 e. The van der Waals surface area contributed by atoms with E-state index in [0.29, 0.717) is 17.6 Å². The second-order valence-electron chi connectivity index (χ2n) is 1.87. The molecule has 48 valence electrons. The molecule has 0 aromatic carbocycles. The number of rotatable bonds is 2. The summed E-state index contributed by atoms with van der Waals surface area (Å²) >= 11 is 3.93. The van der Waals surface area contributed by atoms with Gasteiger partial charge in [0.1, 0.15) is 5.84 Å². The summed E-state index contributed by atoms with van der Waals surface area (Å²) in [6.45, 7) is 3.96. The molecule has 0 saturated heterocycles. The topological polar surface area (TPSA) is 38.4 Å². The molecule has 0 amide bonds. The smallest absolute Gasteiger partial charge is 0.104 e. The monoisotopic (exact) mass is 132 g/mol. The maximum Gasteiger partial charge on any atom is 0.104 e. The van der Waals surface area contributed by atoms with Crippen LogP contribution in [0.4, 0.5) is 0 Å². The molecule has 0 aliphatic heterocycles. The molecule has 0 aliphatic carbocycles. The first-order valence-electron chi connectivity index (χ1n) is 2.59. The molecule has 8 heavy (non-hydrogen) atoms. The van der Waals surface area contributed by atoms with Gasteiger partial charge in [-0.05, 0) is 13.8 Å². The van der Waals surface area contributed by atoms with E-state index in [0.717, 1.165) is 0 Å². The maximum absolute atomic E-state index is 5.35. The number of aliphatic imine (C=N–C) groups is 1. The Morgan fingerprint density at radius 2 is 2.25 bits per heavy atom. The predicted octanol–water partition coefficient (Wildman–Crippen LogP) is 0.682.